The molecule has 0 bridgehead atoms. The van der Waals surface area contributed by atoms with Gasteiger partial charge in [0.2, 0.25) is 5.13 Å². The zero-order valence-corrected chi connectivity index (χ0v) is 17.2. The Balaban J connectivity index is 1.54. The molecule has 1 aromatic carbocycles. The highest BCUT2D eigenvalue weighted by atomic mass is 32.1. The number of anilines is 1. The van der Waals surface area contributed by atoms with Gasteiger partial charge in [0.05, 0.1) is 5.52 Å². The topological polar surface area (TPSA) is 89.6 Å². The molecular formula is C22H24N6S. The van der Waals surface area contributed by atoms with E-state index in [0.29, 0.717) is 6.54 Å². The molecule has 0 spiro atoms. The summed E-state index contributed by atoms with van der Waals surface area (Å²) in [6, 6.07) is 14.5. The zero-order chi connectivity index (χ0) is 20.1. The summed E-state index contributed by atoms with van der Waals surface area (Å²) in [7, 11) is 0. The highest BCUT2D eigenvalue weighted by molar-refractivity contribution is 7.18. The number of fused-ring (bicyclic) bond motifs is 1. The third kappa shape index (κ3) is 4.58. The number of hydrogen-bond donors (Lipinski definition) is 2. The molecule has 4 rings (SSSR count). The average molecular weight is 405 g/mol. The Labute approximate surface area is 174 Å². The van der Waals surface area contributed by atoms with Crippen LogP contribution in [0.25, 0.3) is 21.6 Å². The second-order valence-corrected chi connectivity index (χ2v) is 7.97. The Hall–Kier alpha value is -2.90. The summed E-state index contributed by atoms with van der Waals surface area (Å²) in [6.45, 7) is 2.68. The van der Waals surface area contributed by atoms with Gasteiger partial charge in [-0.3, -0.25) is 4.98 Å². The number of pyridine rings is 2. The number of benzene rings is 1. The van der Waals surface area contributed by atoms with Gasteiger partial charge in [0.1, 0.15) is 5.69 Å². The summed E-state index contributed by atoms with van der Waals surface area (Å²) in [5.74, 6) is 0. The van der Waals surface area contributed by atoms with Crippen LogP contribution >= 0.6 is 11.3 Å². The Bertz CT molecular complexity index is 1080. The summed E-state index contributed by atoms with van der Waals surface area (Å²) < 4.78 is 0. The van der Waals surface area contributed by atoms with Crippen LogP contribution in [0.2, 0.25) is 0 Å². The van der Waals surface area contributed by atoms with Gasteiger partial charge in [-0.1, -0.05) is 55.0 Å². The molecular weight excluding hydrogens is 380 g/mol. The molecule has 3 N–H and O–H groups in total. The lowest BCUT2D eigenvalue weighted by molar-refractivity contribution is 0.721. The van der Waals surface area contributed by atoms with Gasteiger partial charge in [-0.25, -0.2) is 4.98 Å². The van der Waals surface area contributed by atoms with Crippen molar-refractivity contribution in [3.63, 3.8) is 0 Å². The summed E-state index contributed by atoms with van der Waals surface area (Å²) >= 11 is 1.50. The molecule has 0 radical (unpaired) electrons. The predicted octanol–water partition coefficient (Wildman–Crippen LogP) is 4.08. The van der Waals surface area contributed by atoms with Crippen molar-refractivity contribution in [1.29, 1.82) is 0 Å². The molecule has 0 saturated heterocycles. The predicted molar refractivity (Wildman–Crippen MR) is 119 cm³/mol. The normalized spacial score (nSPS) is 12.2. The minimum absolute atomic E-state index is 0.102. The summed E-state index contributed by atoms with van der Waals surface area (Å²) in [6.07, 6.45) is 6.62. The molecule has 0 aliphatic carbocycles. The molecule has 29 heavy (non-hydrogen) atoms. The van der Waals surface area contributed by atoms with Crippen molar-refractivity contribution < 1.29 is 0 Å². The van der Waals surface area contributed by atoms with Crippen LogP contribution in [0.4, 0.5) is 5.13 Å². The molecule has 3 aromatic heterocycles. The Morgan fingerprint density at radius 3 is 2.72 bits per heavy atom. The van der Waals surface area contributed by atoms with Crippen LogP contribution < -0.4 is 11.1 Å². The van der Waals surface area contributed by atoms with Crippen LogP contribution in [0.1, 0.15) is 24.5 Å². The first-order chi connectivity index (χ1) is 14.3. The van der Waals surface area contributed by atoms with Gasteiger partial charge in [-0.15, -0.1) is 10.2 Å². The smallest absolute Gasteiger partial charge is 0.206 e. The molecule has 4 aromatic rings. The summed E-state index contributed by atoms with van der Waals surface area (Å²) in [5.41, 5.74) is 10.2. The van der Waals surface area contributed by atoms with E-state index in [1.54, 1.807) is 0 Å². The lowest BCUT2D eigenvalue weighted by Crippen LogP contribution is -2.30. The van der Waals surface area contributed by atoms with Crippen LogP contribution in [0.15, 0.2) is 54.9 Å². The van der Waals surface area contributed by atoms with Crippen molar-refractivity contribution in [2.24, 2.45) is 5.73 Å². The number of aryl methyl sites for hydroxylation is 1. The fourth-order valence-electron chi connectivity index (χ4n) is 3.32. The molecule has 0 aliphatic heterocycles. The molecule has 6 nitrogen and oxygen atoms in total. The molecule has 0 fully saturated rings. The quantitative estimate of drug-likeness (QED) is 0.460. The highest BCUT2D eigenvalue weighted by Crippen LogP contribution is 2.28. The van der Waals surface area contributed by atoms with Crippen molar-refractivity contribution in [3.8, 4) is 10.7 Å². The molecule has 0 amide bonds. The first-order valence-electron chi connectivity index (χ1n) is 9.85. The number of rotatable bonds is 8. The van der Waals surface area contributed by atoms with Crippen molar-refractivity contribution >= 4 is 27.4 Å². The second-order valence-electron chi connectivity index (χ2n) is 7.00. The van der Waals surface area contributed by atoms with E-state index in [2.05, 4.69) is 45.6 Å². The van der Waals surface area contributed by atoms with E-state index in [1.807, 2.05) is 36.7 Å². The molecule has 0 aliphatic rings. The van der Waals surface area contributed by atoms with Gasteiger partial charge in [0.15, 0.2) is 5.01 Å². The average Bonchev–Trinajstić information content (AvgIpc) is 3.23. The zero-order valence-electron chi connectivity index (χ0n) is 16.4. The van der Waals surface area contributed by atoms with Crippen LogP contribution in [-0.2, 0) is 12.8 Å². The summed E-state index contributed by atoms with van der Waals surface area (Å²) in [4.78, 5) is 9.19. The minimum atomic E-state index is 0.102. The van der Waals surface area contributed by atoms with Gasteiger partial charge >= 0.3 is 0 Å². The van der Waals surface area contributed by atoms with Crippen LogP contribution in [-0.4, -0.2) is 32.8 Å². The van der Waals surface area contributed by atoms with Crippen LogP contribution in [0, 0.1) is 0 Å². The van der Waals surface area contributed by atoms with Crippen LogP contribution in [0.3, 0.4) is 0 Å². The lowest BCUT2D eigenvalue weighted by Gasteiger charge is -2.15. The van der Waals surface area contributed by atoms with E-state index in [4.69, 9.17) is 10.7 Å². The van der Waals surface area contributed by atoms with E-state index in [-0.39, 0.29) is 6.04 Å². The van der Waals surface area contributed by atoms with Crippen molar-refractivity contribution in [3.05, 3.63) is 66.0 Å². The molecule has 7 heteroatoms. The Kier molecular flexibility index (Phi) is 6.07. The van der Waals surface area contributed by atoms with Crippen molar-refractivity contribution in [1.82, 2.24) is 20.2 Å². The molecule has 1 atom stereocenters. The highest BCUT2D eigenvalue weighted by Gasteiger charge is 2.14. The lowest BCUT2D eigenvalue weighted by atomic mass is 10.1. The third-order valence-electron chi connectivity index (χ3n) is 4.78. The maximum absolute atomic E-state index is 5.97. The van der Waals surface area contributed by atoms with Gasteiger partial charge in [0.25, 0.3) is 0 Å². The molecule has 3 heterocycles. The largest absolute Gasteiger partial charge is 0.356 e. The number of nitrogens with zero attached hydrogens (tertiary/aromatic N) is 4. The maximum Gasteiger partial charge on any atom is 0.206 e. The monoisotopic (exact) mass is 404 g/mol. The SMILES string of the molecule is CCCc1cncc2ccc(-c3nnc(N[C@@H](CN)Cc4ccccc4)s3)nc12. The fourth-order valence-corrected chi connectivity index (χ4v) is 4.11. The first kappa shape index (κ1) is 19.4. The van der Waals surface area contributed by atoms with E-state index >= 15 is 0 Å². The number of nitrogens with two attached hydrogens (primary N) is 1. The van der Waals surface area contributed by atoms with E-state index in [1.165, 1.54) is 22.5 Å². The van der Waals surface area contributed by atoms with E-state index < -0.39 is 0 Å². The van der Waals surface area contributed by atoms with E-state index in [0.717, 1.165) is 46.0 Å². The molecule has 148 valence electrons. The fraction of sp³-hybridized carbons (Fsp3) is 0.273. The van der Waals surface area contributed by atoms with Crippen molar-refractivity contribution in [2.45, 2.75) is 32.2 Å². The second kappa shape index (κ2) is 9.07. The third-order valence-corrected chi connectivity index (χ3v) is 5.65. The van der Waals surface area contributed by atoms with Gasteiger partial charge in [0, 0.05) is 30.4 Å². The van der Waals surface area contributed by atoms with E-state index in [9.17, 15) is 0 Å². The molecule has 0 unspecified atom stereocenters. The Morgan fingerprint density at radius 2 is 1.93 bits per heavy atom. The number of nitrogens with one attached hydrogen (secondary N) is 1. The number of aromatic nitrogens is 4. The van der Waals surface area contributed by atoms with Crippen LogP contribution in [0.5, 0.6) is 0 Å². The standard InChI is InChI=1S/C22H24N6S/c1-2-6-16-13-24-14-17-9-10-19(26-20(16)17)21-27-28-22(29-21)25-18(12-23)11-15-7-4-3-5-8-15/h3-5,7-10,13-14,18H,2,6,11-12,23H2,1H3,(H,25,28)/t18-/m1/s1. The number of hydrogen-bond acceptors (Lipinski definition) is 7. The first-order valence-corrected chi connectivity index (χ1v) is 10.7. The van der Waals surface area contributed by atoms with Gasteiger partial charge in [-0.05, 0) is 36.1 Å². The van der Waals surface area contributed by atoms with Crippen molar-refractivity contribution in [2.75, 3.05) is 11.9 Å². The van der Waals surface area contributed by atoms with Gasteiger partial charge < -0.3 is 11.1 Å². The Morgan fingerprint density at radius 1 is 1.07 bits per heavy atom. The van der Waals surface area contributed by atoms with Gasteiger partial charge in [-0.2, -0.15) is 0 Å². The maximum atomic E-state index is 5.97. The minimum Gasteiger partial charge on any atom is -0.356 e. The summed E-state index contributed by atoms with van der Waals surface area (Å²) in [5, 5.41) is 14.7. The molecule has 0 saturated carbocycles.